The predicted octanol–water partition coefficient (Wildman–Crippen LogP) is 3.57. The molecule has 1 heterocycles. The smallest absolute Gasteiger partial charge is 0.191 e. The van der Waals surface area contributed by atoms with Crippen molar-refractivity contribution in [1.29, 1.82) is 0 Å². The molecule has 0 bridgehead atoms. The summed E-state index contributed by atoms with van der Waals surface area (Å²) in [6.07, 6.45) is 1.95. The summed E-state index contributed by atoms with van der Waals surface area (Å²) in [6.45, 7) is 4.93. The second-order valence-corrected chi connectivity index (χ2v) is 7.26. The highest BCUT2D eigenvalue weighted by Crippen LogP contribution is 2.30. The highest BCUT2D eigenvalue weighted by molar-refractivity contribution is 5.80. The number of aliphatic imine (C=N–C) groups is 1. The molecular formula is C23H31FN4O2. The van der Waals surface area contributed by atoms with Gasteiger partial charge in [-0.05, 0) is 25.8 Å². The van der Waals surface area contributed by atoms with Gasteiger partial charge in [-0.15, -0.1) is 0 Å². The number of halogens is 1. The Kier molecular flexibility index (Phi) is 7.76. The second-order valence-electron chi connectivity index (χ2n) is 7.26. The van der Waals surface area contributed by atoms with Crippen LogP contribution in [-0.2, 0) is 6.54 Å². The molecule has 0 amide bonds. The summed E-state index contributed by atoms with van der Waals surface area (Å²) in [5.41, 5.74) is 1.70. The fourth-order valence-electron chi connectivity index (χ4n) is 3.56. The Hall–Kier alpha value is -2.96. The summed E-state index contributed by atoms with van der Waals surface area (Å²) in [5, 5.41) is 6.77. The quantitative estimate of drug-likeness (QED) is 0.536. The molecule has 1 saturated heterocycles. The molecule has 0 spiro atoms. The molecule has 0 atom stereocenters. The summed E-state index contributed by atoms with van der Waals surface area (Å²) in [4.78, 5) is 6.91. The van der Waals surface area contributed by atoms with Gasteiger partial charge in [0.05, 0.1) is 20.8 Å². The number of benzene rings is 2. The number of hydrogen-bond donors (Lipinski definition) is 2. The van der Waals surface area contributed by atoms with Crippen molar-refractivity contribution < 1.29 is 13.9 Å². The van der Waals surface area contributed by atoms with Crippen molar-refractivity contribution in [3.8, 4) is 11.5 Å². The van der Waals surface area contributed by atoms with E-state index in [0.717, 1.165) is 55.6 Å². The molecular weight excluding hydrogens is 383 g/mol. The summed E-state index contributed by atoms with van der Waals surface area (Å²) in [5.74, 6) is 2.08. The van der Waals surface area contributed by atoms with E-state index < -0.39 is 0 Å². The van der Waals surface area contributed by atoms with Crippen molar-refractivity contribution in [3.05, 3.63) is 53.8 Å². The van der Waals surface area contributed by atoms with Gasteiger partial charge in [0.2, 0.25) is 0 Å². The van der Waals surface area contributed by atoms with Crippen LogP contribution in [-0.4, -0.2) is 45.9 Å². The van der Waals surface area contributed by atoms with Crippen LogP contribution in [0, 0.1) is 5.82 Å². The summed E-state index contributed by atoms with van der Waals surface area (Å²) in [7, 11) is 3.33. The third kappa shape index (κ3) is 5.78. The van der Waals surface area contributed by atoms with Gasteiger partial charge >= 0.3 is 0 Å². The molecule has 0 aliphatic carbocycles. The minimum atomic E-state index is -0.223. The molecule has 0 aromatic heterocycles. The number of ether oxygens (including phenoxy) is 2. The summed E-state index contributed by atoms with van der Waals surface area (Å²) >= 11 is 0. The maximum absolute atomic E-state index is 13.9. The number of anilines is 1. The molecule has 1 aliphatic heterocycles. The molecule has 6 nitrogen and oxygen atoms in total. The minimum absolute atomic E-state index is 0.223. The molecule has 1 aliphatic rings. The van der Waals surface area contributed by atoms with Crippen LogP contribution in [0.25, 0.3) is 0 Å². The van der Waals surface area contributed by atoms with E-state index in [1.165, 1.54) is 6.07 Å². The van der Waals surface area contributed by atoms with Crippen molar-refractivity contribution in [2.24, 2.45) is 4.99 Å². The first-order valence-corrected chi connectivity index (χ1v) is 10.4. The molecule has 0 saturated carbocycles. The van der Waals surface area contributed by atoms with Crippen LogP contribution in [0.3, 0.4) is 0 Å². The zero-order valence-electron chi connectivity index (χ0n) is 18.0. The minimum Gasteiger partial charge on any atom is -0.497 e. The number of methoxy groups -OCH3 is 2. The maximum atomic E-state index is 13.9. The average molecular weight is 415 g/mol. The van der Waals surface area contributed by atoms with Gasteiger partial charge in [-0.1, -0.05) is 18.2 Å². The number of rotatable bonds is 7. The second kappa shape index (κ2) is 10.7. The molecule has 1 fully saturated rings. The topological polar surface area (TPSA) is 58.1 Å². The molecule has 30 heavy (non-hydrogen) atoms. The first kappa shape index (κ1) is 21.7. The lowest BCUT2D eigenvalue weighted by Gasteiger charge is -2.34. The Bertz CT molecular complexity index is 829. The van der Waals surface area contributed by atoms with Gasteiger partial charge in [0.25, 0.3) is 0 Å². The normalized spacial score (nSPS) is 15.1. The van der Waals surface area contributed by atoms with Gasteiger partial charge < -0.3 is 25.0 Å². The van der Waals surface area contributed by atoms with Gasteiger partial charge in [-0.25, -0.2) is 9.38 Å². The van der Waals surface area contributed by atoms with E-state index in [1.807, 2.05) is 31.2 Å². The summed E-state index contributed by atoms with van der Waals surface area (Å²) in [6, 6.07) is 13.0. The number of hydrogen-bond acceptors (Lipinski definition) is 4. The van der Waals surface area contributed by atoms with Crippen LogP contribution >= 0.6 is 0 Å². The van der Waals surface area contributed by atoms with Crippen LogP contribution in [0.2, 0.25) is 0 Å². The fraction of sp³-hybridized carbons (Fsp3) is 0.435. The van der Waals surface area contributed by atoms with E-state index in [4.69, 9.17) is 9.47 Å². The van der Waals surface area contributed by atoms with E-state index in [9.17, 15) is 4.39 Å². The van der Waals surface area contributed by atoms with Crippen LogP contribution in [0.4, 0.5) is 10.1 Å². The fourth-order valence-corrected chi connectivity index (χ4v) is 3.56. The van der Waals surface area contributed by atoms with Crippen molar-refractivity contribution in [2.45, 2.75) is 32.4 Å². The molecule has 0 unspecified atom stereocenters. The lowest BCUT2D eigenvalue weighted by Crippen LogP contribution is -2.48. The van der Waals surface area contributed by atoms with Crippen LogP contribution in [0.15, 0.2) is 47.5 Å². The molecule has 3 rings (SSSR count). The Morgan fingerprint density at radius 3 is 2.37 bits per heavy atom. The largest absolute Gasteiger partial charge is 0.497 e. The zero-order chi connectivity index (χ0) is 21.3. The van der Waals surface area contributed by atoms with Gasteiger partial charge in [-0.3, -0.25) is 0 Å². The molecule has 162 valence electrons. The Balaban J connectivity index is 1.59. The van der Waals surface area contributed by atoms with Crippen LogP contribution in [0.1, 0.15) is 25.3 Å². The predicted molar refractivity (Wildman–Crippen MR) is 119 cm³/mol. The summed E-state index contributed by atoms with van der Waals surface area (Å²) < 4.78 is 24.6. The van der Waals surface area contributed by atoms with Gasteiger partial charge in [0.1, 0.15) is 17.3 Å². The molecule has 7 heteroatoms. The number of piperidine rings is 1. The first-order valence-electron chi connectivity index (χ1n) is 10.4. The van der Waals surface area contributed by atoms with Crippen LogP contribution in [0.5, 0.6) is 11.5 Å². The monoisotopic (exact) mass is 414 g/mol. The number of nitrogens with one attached hydrogen (secondary N) is 2. The van der Waals surface area contributed by atoms with Crippen molar-refractivity contribution in [2.75, 3.05) is 38.8 Å². The van der Waals surface area contributed by atoms with Crippen molar-refractivity contribution >= 4 is 11.6 Å². The Labute approximate surface area is 178 Å². The van der Waals surface area contributed by atoms with E-state index in [0.29, 0.717) is 18.2 Å². The van der Waals surface area contributed by atoms with Gasteiger partial charge in [0.15, 0.2) is 5.96 Å². The Morgan fingerprint density at radius 1 is 1.10 bits per heavy atom. The van der Waals surface area contributed by atoms with Crippen molar-refractivity contribution in [3.63, 3.8) is 0 Å². The third-order valence-electron chi connectivity index (χ3n) is 5.25. The lowest BCUT2D eigenvalue weighted by atomic mass is 10.0. The molecule has 2 N–H and O–H groups in total. The standard InChI is InChI=1S/C23H31FN4O2/c1-4-25-23(26-16-17-7-5-6-8-22(17)24)27-18-9-11-28(12-10-18)19-13-20(29-2)15-21(14-19)30-3/h5-8,13-15,18H,4,9-12,16H2,1-3H3,(H2,25,26,27). The highest BCUT2D eigenvalue weighted by Gasteiger charge is 2.21. The van der Waals surface area contributed by atoms with E-state index in [2.05, 4.69) is 20.5 Å². The highest BCUT2D eigenvalue weighted by atomic mass is 19.1. The van der Waals surface area contributed by atoms with Crippen molar-refractivity contribution in [1.82, 2.24) is 10.6 Å². The maximum Gasteiger partial charge on any atom is 0.191 e. The number of nitrogens with zero attached hydrogens (tertiary/aromatic N) is 2. The van der Waals surface area contributed by atoms with E-state index in [-0.39, 0.29) is 5.82 Å². The zero-order valence-corrected chi connectivity index (χ0v) is 18.0. The van der Waals surface area contributed by atoms with Crippen LogP contribution < -0.4 is 25.0 Å². The van der Waals surface area contributed by atoms with E-state index >= 15 is 0 Å². The molecule has 2 aromatic rings. The Morgan fingerprint density at radius 2 is 1.77 bits per heavy atom. The molecule has 2 aromatic carbocycles. The lowest BCUT2D eigenvalue weighted by molar-refractivity contribution is 0.393. The average Bonchev–Trinajstić information content (AvgIpc) is 2.78. The SMILES string of the molecule is CCNC(=NCc1ccccc1F)NC1CCN(c2cc(OC)cc(OC)c2)CC1. The van der Waals surface area contributed by atoms with Gasteiger partial charge in [0, 0.05) is 55.1 Å². The van der Waals surface area contributed by atoms with E-state index in [1.54, 1.807) is 26.4 Å². The third-order valence-corrected chi connectivity index (χ3v) is 5.25. The molecule has 0 radical (unpaired) electrons. The van der Waals surface area contributed by atoms with Gasteiger partial charge in [-0.2, -0.15) is 0 Å². The number of guanidine groups is 1. The first-order chi connectivity index (χ1) is 14.6.